The zero-order valence-corrected chi connectivity index (χ0v) is 20.6. The van der Waals surface area contributed by atoms with Gasteiger partial charge in [0.05, 0.1) is 4.90 Å². The molecule has 178 valence electrons. The monoisotopic (exact) mass is 471 g/mol. The van der Waals surface area contributed by atoms with Crippen LogP contribution in [0.3, 0.4) is 0 Å². The van der Waals surface area contributed by atoms with Crippen molar-refractivity contribution in [3.05, 3.63) is 65.2 Å². The molecule has 1 aliphatic rings. The average Bonchev–Trinajstić information content (AvgIpc) is 2.78. The van der Waals surface area contributed by atoms with Gasteiger partial charge >= 0.3 is 0 Å². The maximum Gasteiger partial charge on any atom is 0.251 e. The predicted molar refractivity (Wildman–Crippen MR) is 129 cm³/mol. The molecule has 1 aliphatic heterocycles. The summed E-state index contributed by atoms with van der Waals surface area (Å²) in [6.45, 7) is 9.54. The Labute approximate surface area is 196 Å². The third-order valence-corrected chi connectivity index (χ3v) is 7.88. The Bertz CT molecular complexity index is 1100. The van der Waals surface area contributed by atoms with Crippen LogP contribution in [-0.4, -0.2) is 62.2 Å². The van der Waals surface area contributed by atoms with Crippen LogP contribution in [0.25, 0.3) is 0 Å². The van der Waals surface area contributed by atoms with Crippen molar-refractivity contribution in [2.45, 2.75) is 44.4 Å². The van der Waals surface area contributed by atoms with Crippen LogP contribution in [0.5, 0.6) is 0 Å². The topological polar surface area (TPSA) is 86.8 Å². The molecule has 1 fully saturated rings. The van der Waals surface area contributed by atoms with Gasteiger partial charge in [0.15, 0.2) is 0 Å². The van der Waals surface area contributed by atoms with Crippen molar-refractivity contribution in [2.24, 2.45) is 0 Å². The van der Waals surface area contributed by atoms with Gasteiger partial charge in [-0.1, -0.05) is 51.1 Å². The van der Waals surface area contributed by atoms with Gasteiger partial charge in [-0.05, 0) is 41.7 Å². The van der Waals surface area contributed by atoms with Crippen LogP contribution in [0, 0.1) is 6.92 Å². The Morgan fingerprint density at radius 1 is 0.939 bits per heavy atom. The SMILES string of the molecule is Cc1ccccc1C(=O)NCCC(=O)N1CCN(S(=O)(=O)c2ccc(C(C)(C)C)cc2)CC1. The summed E-state index contributed by atoms with van der Waals surface area (Å²) in [5.74, 6) is -0.291. The van der Waals surface area contributed by atoms with Crippen molar-refractivity contribution >= 4 is 21.8 Å². The molecule has 1 heterocycles. The highest BCUT2D eigenvalue weighted by Crippen LogP contribution is 2.25. The van der Waals surface area contributed by atoms with Crippen LogP contribution < -0.4 is 5.32 Å². The van der Waals surface area contributed by atoms with E-state index >= 15 is 0 Å². The lowest BCUT2D eigenvalue weighted by Gasteiger charge is -2.34. The van der Waals surface area contributed by atoms with Crippen molar-refractivity contribution in [3.63, 3.8) is 0 Å². The summed E-state index contributed by atoms with van der Waals surface area (Å²) < 4.78 is 27.5. The summed E-state index contributed by atoms with van der Waals surface area (Å²) in [4.78, 5) is 26.8. The lowest BCUT2D eigenvalue weighted by Crippen LogP contribution is -2.50. The van der Waals surface area contributed by atoms with Crippen molar-refractivity contribution < 1.29 is 18.0 Å². The second-order valence-electron chi connectivity index (χ2n) is 9.38. The molecule has 33 heavy (non-hydrogen) atoms. The summed E-state index contributed by atoms with van der Waals surface area (Å²) in [5.41, 5.74) is 2.51. The van der Waals surface area contributed by atoms with Gasteiger partial charge in [-0.15, -0.1) is 0 Å². The number of aryl methyl sites for hydroxylation is 1. The van der Waals surface area contributed by atoms with Crippen LogP contribution in [0.4, 0.5) is 0 Å². The lowest BCUT2D eigenvalue weighted by molar-refractivity contribution is -0.132. The predicted octanol–water partition coefficient (Wildman–Crippen LogP) is 2.95. The van der Waals surface area contributed by atoms with Gasteiger partial charge in [0.25, 0.3) is 5.91 Å². The summed E-state index contributed by atoms with van der Waals surface area (Å²) in [7, 11) is -3.60. The van der Waals surface area contributed by atoms with Crippen molar-refractivity contribution in [1.29, 1.82) is 0 Å². The normalized spacial score (nSPS) is 15.3. The first-order valence-corrected chi connectivity index (χ1v) is 12.7. The Morgan fingerprint density at radius 3 is 2.12 bits per heavy atom. The van der Waals surface area contributed by atoms with Gasteiger partial charge in [0.2, 0.25) is 15.9 Å². The van der Waals surface area contributed by atoms with Gasteiger partial charge in [0.1, 0.15) is 0 Å². The van der Waals surface area contributed by atoms with E-state index in [2.05, 4.69) is 26.1 Å². The van der Waals surface area contributed by atoms with Crippen LogP contribution in [0.1, 0.15) is 48.7 Å². The number of carbonyl (C=O) groups excluding carboxylic acids is 2. The van der Waals surface area contributed by atoms with E-state index in [-0.39, 0.29) is 48.2 Å². The van der Waals surface area contributed by atoms with E-state index < -0.39 is 10.0 Å². The fourth-order valence-electron chi connectivity index (χ4n) is 3.82. The fourth-order valence-corrected chi connectivity index (χ4v) is 5.24. The molecule has 0 atom stereocenters. The maximum atomic E-state index is 13.0. The van der Waals surface area contributed by atoms with Crippen molar-refractivity contribution in [1.82, 2.24) is 14.5 Å². The molecule has 0 aromatic heterocycles. The first-order chi connectivity index (χ1) is 15.5. The van der Waals surface area contributed by atoms with Gasteiger partial charge < -0.3 is 10.2 Å². The Kier molecular flexibility index (Phi) is 7.59. The fraction of sp³-hybridized carbons (Fsp3) is 0.440. The molecule has 0 unspecified atom stereocenters. The van der Waals surface area contributed by atoms with Crippen LogP contribution in [0.2, 0.25) is 0 Å². The van der Waals surface area contributed by atoms with E-state index in [4.69, 9.17) is 0 Å². The molecule has 2 amide bonds. The van der Waals surface area contributed by atoms with Crippen LogP contribution in [0.15, 0.2) is 53.4 Å². The molecule has 1 saturated heterocycles. The highest BCUT2D eigenvalue weighted by atomic mass is 32.2. The molecule has 3 rings (SSSR count). The van der Waals surface area contributed by atoms with E-state index in [9.17, 15) is 18.0 Å². The number of sulfonamides is 1. The second kappa shape index (κ2) is 10.1. The first-order valence-electron chi connectivity index (χ1n) is 11.2. The molecule has 0 spiro atoms. The molecule has 0 aliphatic carbocycles. The number of nitrogens with zero attached hydrogens (tertiary/aromatic N) is 2. The molecule has 8 heteroatoms. The summed E-state index contributed by atoms with van der Waals surface area (Å²) in [6.07, 6.45) is 0.179. The second-order valence-corrected chi connectivity index (χ2v) is 11.3. The van der Waals surface area contributed by atoms with Gasteiger partial charge in [-0.3, -0.25) is 9.59 Å². The lowest BCUT2D eigenvalue weighted by atomic mass is 9.87. The summed E-state index contributed by atoms with van der Waals surface area (Å²) in [6, 6.07) is 14.3. The largest absolute Gasteiger partial charge is 0.352 e. The Balaban J connectivity index is 1.50. The molecule has 0 bridgehead atoms. The highest BCUT2D eigenvalue weighted by molar-refractivity contribution is 7.89. The van der Waals surface area contributed by atoms with E-state index in [1.165, 1.54) is 4.31 Å². The number of piperazine rings is 1. The van der Waals surface area contributed by atoms with E-state index in [1.807, 2.05) is 31.2 Å². The zero-order chi connectivity index (χ0) is 24.2. The third kappa shape index (κ3) is 6.00. The molecule has 2 aromatic rings. The zero-order valence-electron chi connectivity index (χ0n) is 19.8. The Morgan fingerprint density at radius 2 is 1.55 bits per heavy atom. The smallest absolute Gasteiger partial charge is 0.251 e. The molecule has 2 aromatic carbocycles. The van der Waals surface area contributed by atoms with E-state index in [0.29, 0.717) is 18.7 Å². The molecule has 0 saturated carbocycles. The molecule has 1 N–H and O–H groups in total. The number of hydrogen-bond donors (Lipinski definition) is 1. The number of rotatable bonds is 6. The number of carbonyl (C=O) groups is 2. The van der Waals surface area contributed by atoms with Gasteiger partial charge in [-0.25, -0.2) is 8.42 Å². The number of benzene rings is 2. The van der Waals surface area contributed by atoms with Crippen molar-refractivity contribution in [2.75, 3.05) is 32.7 Å². The standard InChI is InChI=1S/C25H33N3O4S/c1-19-7-5-6-8-22(19)24(30)26-14-13-23(29)27-15-17-28(18-16-27)33(31,32)21-11-9-20(10-12-21)25(2,3)4/h5-12H,13-18H2,1-4H3,(H,26,30). The number of nitrogens with one attached hydrogen (secondary N) is 1. The summed E-state index contributed by atoms with van der Waals surface area (Å²) >= 11 is 0. The Hall–Kier alpha value is -2.71. The average molecular weight is 472 g/mol. The molecular weight excluding hydrogens is 438 g/mol. The maximum absolute atomic E-state index is 13.0. The minimum absolute atomic E-state index is 0.0479. The van der Waals surface area contributed by atoms with E-state index in [1.54, 1.807) is 29.2 Å². The highest BCUT2D eigenvalue weighted by Gasteiger charge is 2.30. The van der Waals surface area contributed by atoms with Gasteiger partial charge in [0, 0.05) is 44.7 Å². The van der Waals surface area contributed by atoms with E-state index in [0.717, 1.165) is 11.1 Å². The quantitative estimate of drug-likeness (QED) is 0.702. The molecule has 7 nitrogen and oxygen atoms in total. The number of amides is 2. The minimum atomic E-state index is -3.60. The van der Waals surface area contributed by atoms with Gasteiger partial charge in [-0.2, -0.15) is 4.31 Å². The molecular formula is C25H33N3O4S. The summed E-state index contributed by atoms with van der Waals surface area (Å²) in [5, 5.41) is 2.79. The first kappa shape index (κ1) is 24.9. The van der Waals surface area contributed by atoms with Crippen LogP contribution >= 0.6 is 0 Å². The van der Waals surface area contributed by atoms with Crippen molar-refractivity contribution in [3.8, 4) is 0 Å². The number of hydrogen-bond acceptors (Lipinski definition) is 4. The third-order valence-electron chi connectivity index (χ3n) is 5.96. The minimum Gasteiger partial charge on any atom is -0.352 e. The molecule has 0 radical (unpaired) electrons. The van der Waals surface area contributed by atoms with Crippen LogP contribution in [-0.2, 0) is 20.2 Å².